The van der Waals surface area contributed by atoms with E-state index in [-0.39, 0.29) is 0 Å². The fraction of sp³-hybridized carbons (Fsp3) is 0.500. The molecule has 0 N–H and O–H groups in total. The van der Waals surface area contributed by atoms with E-state index in [9.17, 15) is 8.42 Å². The fourth-order valence-corrected chi connectivity index (χ4v) is 3.34. The van der Waals surface area contributed by atoms with Gasteiger partial charge in [0.25, 0.3) is 10.0 Å². The molecule has 0 saturated carbocycles. The number of hydrogen-bond donors (Lipinski definition) is 0. The molecule has 0 saturated heterocycles. The molecule has 1 aromatic rings. The Morgan fingerprint density at radius 1 is 1.12 bits per heavy atom. The summed E-state index contributed by atoms with van der Waals surface area (Å²) in [5.41, 5.74) is 0. The molecule has 0 spiro atoms. The summed E-state index contributed by atoms with van der Waals surface area (Å²) in [6, 6.07) is 8.47. The maximum absolute atomic E-state index is 12.1. The fourth-order valence-electron chi connectivity index (χ4n) is 1.49. The van der Waals surface area contributed by atoms with Gasteiger partial charge in [0.15, 0.2) is 0 Å². The standard InChI is InChI=1S/C12H18BrNO2S/c1-2-3-4-8-11-14(13)17(15,16)12-9-6-5-7-10-12/h5-7,9-10H,2-4,8,11H2,1H3. The third-order valence-corrected chi connectivity index (χ3v) is 5.56. The van der Waals surface area contributed by atoms with Gasteiger partial charge in [0.2, 0.25) is 0 Å². The van der Waals surface area contributed by atoms with Crippen molar-refractivity contribution in [2.24, 2.45) is 0 Å². The molecule has 0 aliphatic carbocycles. The number of nitrogens with zero attached hydrogens (tertiary/aromatic N) is 1. The van der Waals surface area contributed by atoms with Crippen LogP contribution in [0.15, 0.2) is 35.2 Å². The van der Waals surface area contributed by atoms with E-state index < -0.39 is 10.0 Å². The molecule has 1 aromatic carbocycles. The first kappa shape index (κ1) is 14.7. The van der Waals surface area contributed by atoms with Crippen molar-refractivity contribution in [1.29, 1.82) is 0 Å². The number of unbranched alkanes of at least 4 members (excludes halogenated alkanes) is 3. The Morgan fingerprint density at radius 3 is 2.35 bits per heavy atom. The topological polar surface area (TPSA) is 37.4 Å². The van der Waals surface area contributed by atoms with Gasteiger partial charge in [-0.05, 0) is 18.6 Å². The number of hydrogen-bond acceptors (Lipinski definition) is 2. The molecule has 0 aliphatic heterocycles. The first-order valence-corrected chi connectivity index (χ1v) is 7.97. The summed E-state index contributed by atoms with van der Waals surface area (Å²) in [5.74, 6) is 0. The van der Waals surface area contributed by atoms with E-state index in [2.05, 4.69) is 23.1 Å². The van der Waals surface area contributed by atoms with Crippen LogP contribution in [-0.4, -0.2) is 18.3 Å². The minimum absolute atomic E-state index is 0.326. The lowest BCUT2D eigenvalue weighted by atomic mass is 10.2. The third kappa shape index (κ3) is 4.41. The maximum atomic E-state index is 12.1. The Morgan fingerprint density at radius 2 is 1.76 bits per heavy atom. The molecule has 0 aromatic heterocycles. The minimum atomic E-state index is -3.38. The van der Waals surface area contributed by atoms with Crippen molar-refractivity contribution in [1.82, 2.24) is 3.33 Å². The molecule has 0 fully saturated rings. The minimum Gasteiger partial charge on any atom is -0.206 e. The highest BCUT2D eigenvalue weighted by Crippen LogP contribution is 2.19. The molecule has 1 rings (SSSR count). The van der Waals surface area contributed by atoms with Gasteiger partial charge in [0, 0.05) is 22.7 Å². The predicted octanol–water partition coefficient (Wildman–Crippen LogP) is 3.57. The van der Waals surface area contributed by atoms with Crippen LogP contribution in [0.5, 0.6) is 0 Å². The second-order valence-electron chi connectivity index (χ2n) is 3.89. The molecule has 0 heterocycles. The molecule has 17 heavy (non-hydrogen) atoms. The molecule has 0 aliphatic rings. The number of benzene rings is 1. The largest absolute Gasteiger partial charge is 0.252 e. The van der Waals surface area contributed by atoms with E-state index in [0.717, 1.165) is 25.7 Å². The van der Waals surface area contributed by atoms with Gasteiger partial charge >= 0.3 is 0 Å². The van der Waals surface area contributed by atoms with Gasteiger partial charge in [-0.15, -0.1) is 3.33 Å². The highest BCUT2D eigenvalue weighted by Gasteiger charge is 2.21. The molecule has 3 nitrogen and oxygen atoms in total. The molecule has 5 heteroatoms. The number of sulfonamides is 1. The van der Waals surface area contributed by atoms with Gasteiger partial charge in [-0.1, -0.05) is 44.4 Å². The van der Waals surface area contributed by atoms with Crippen molar-refractivity contribution in [3.05, 3.63) is 30.3 Å². The Bertz CT molecular complexity index is 419. The molecule has 0 unspecified atom stereocenters. The second-order valence-corrected chi connectivity index (χ2v) is 7.08. The molecular formula is C12H18BrNO2S. The summed E-state index contributed by atoms with van der Waals surface area (Å²) in [6.45, 7) is 2.64. The lowest BCUT2D eigenvalue weighted by Gasteiger charge is -2.14. The lowest BCUT2D eigenvalue weighted by molar-refractivity contribution is 0.529. The van der Waals surface area contributed by atoms with Crippen LogP contribution in [0.1, 0.15) is 32.6 Å². The van der Waals surface area contributed by atoms with Gasteiger partial charge < -0.3 is 0 Å². The molecular weight excluding hydrogens is 302 g/mol. The highest BCUT2D eigenvalue weighted by atomic mass is 79.9. The summed E-state index contributed by atoms with van der Waals surface area (Å²) in [6.07, 6.45) is 4.23. The van der Waals surface area contributed by atoms with E-state index in [1.807, 2.05) is 0 Å². The lowest BCUT2D eigenvalue weighted by Crippen LogP contribution is -2.22. The summed E-state index contributed by atoms with van der Waals surface area (Å²) in [7, 11) is -3.38. The average molecular weight is 320 g/mol. The van der Waals surface area contributed by atoms with E-state index >= 15 is 0 Å². The van der Waals surface area contributed by atoms with Crippen LogP contribution in [0.2, 0.25) is 0 Å². The zero-order chi connectivity index (χ0) is 12.7. The van der Waals surface area contributed by atoms with E-state index in [0.29, 0.717) is 11.4 Å². The normalized spacial score (nSPS) is 11.9. The Labute approximate surface area is 112 Å². The van der Waals surface area contributed by atoms with Crippen LogP contribution in [0.3, 0.4) is 0 Å². The summed E-state index contributed by atoms with van der Waals surface area (Å²) in [5, 5.41) is 0. The third-order valence-electron chi connectivity index (χ3n) is 2.49. The molecule has 0 atom stereocenters. The average Bonchev–Trinajstić information content (AvgIpc) is 2.35. The monoisotopic (exact) mass is 319 g/mol. The second kappa shape index (κ2) is 7.13. The van der Waals surface area contributed by atoms with Gasteiger partial charge in [-0.3, -0.25) is 0 Å². The molecule has 0 bridgehead atoms. The quantitative estimate of drug-likeness (QED) is 0.569. The zero-order valence-corrected chi connectivity index (χ0v) is 12.4. The SMILES string of the molecule is CCCCCCN(Br)S(=O)(=O)c1ccccc1. The van der Waals surface area contributed by atoms with E-state index in [1.165, 1.54) is 3.33 Å². The Hall–Kier alpha value is -0.390. The van der Waals surface area contributed by atoms with Crippen molar-refractivity contribution < 1.29 is 8.42 Å². The van der Waals surface area contributed by atoms with Crippen LogP contribution in [0.4, 0.5) is 0 Å². The van der Waals surface area contributed by atoms with Crippen molar-refractivity contribution in [3.63, 3.8) is 0 Å². The van der Waals surface area contributed by atoms with Gasteiger partial charge in [0.05, 0.1) is 4.90 Å². The van der Waals surface area contributed by atoms with Crippen molar-refractivity contribution in [2.75, 3.05) is 6.54 Å². The van der Waals surface area contributed by atoms with E-state index in [1.54, 1.807) is 30.3 Å². The predicted molar refractivity (Wildman–Crippen MR) is 73.4 cm³/mol. The zero-order valence-electron chi connectivity index (χ0n) is 9.97. The molecule has 0 amide bonds. The van der Waals surface area contributed by atoms with Crippen LogP contribution in [-0.2, 0) is 10.0 Å². The summed E-state index contributed by atoms with van der Waals surface area (Å²) in [4.78, 5) is 0.326. The van der Waals surface area contributed by atoms with Gasteiger partial charge in [-0.2, -0.15) is 0 Å². The van der Waals surface area contributed by atoms with Crippen LogP contribution in [0.25, 0.3) is 0 Å². The Kier molecular flexibility index (Phi) is 6.16. The number of rotatable bonds is 7. The van der Waals surface area contributed by atoms with Crippen molar-refractivity contribution in [3.8, 4) is 0 Å². The molecule has 0 radical (unpaired) electrons. The van der Waals surface area contributed by atoms with Crippen LogP contribution in [0, 0.1) is 0 Å². The van der Waals surface area contributed by atoms with Crippen molar-refractivity contribution >= 4 is 26.2 Å². The molecule has 96 valence electrons. The van der Waals surface area contributed by atoms with Crippen LogP contribution < -0.4 is 0 Å². The van der Waals surface area contributed by atoms with E-state index in [4.69, 9.17) is 0 Å². The summed E-state index contributed by atoms with van der Waals surface area (Å²) >= 11 is 3.13. The van der Waals surface area contributed by atoms with Crippen LogP contribution >= 0.6 is 16.1 Å². The number of halogens is 1. The Balaban J connectivity index is 2.59. The highest BCUT2D eigenvalue weighted by molar-refractivity contribution is 9.08. The first-order valence-electron chi connectivity index (χ1n) is 5.82. The maximum Gasteiger partial charge on any atom is 0.252 e. The van der Waals surface area contributed by atoms with Gasteiger partial charge in [0.1, 0.15) is 0 Å². The summed E-state index contributed by atoms with van der Waals surface area (Å²) < 4.78 is 25.4. The van der Waals surface area contributed by atoms with Crippen molar-refractivity contribution in [2.45, 2.75) is 37.5 Å². The van der Waals surface area contributed by atoms with Gasteiger partial charge in [-0.25, -0.2) is 8.42 Å². The smallest absolute Gasteiger partial charge is 0.206 e. The first-order chi connectivity index (χ1) is 8.09.